The van der Waals surface area contributed by atoms with Gasteiger partial charge >= 0.3 is 0 Å². The van der Waals surface area contributed by atoms with E-state index in [0.29, 0.717) is 10.7 Å². The molecule has 3 heteroatoms. The minimum Gasteiger partial charge on any atom is -0.398 e. The highest BCUT2D eigenvalue weighted by Gasteiger charge is 2.11. The van der Waals surface area contributed by atoms with E-state index in [1.165, 1.54) is 0 Å². The average Bonchev–Trinajstić information content (AvgIpc) is 2.32. The number of benzene rings is 2. The standard InChI is InChI=1S/C14H14ClNO/c1-9(17)11-4-2-3-5-12(11)13-8-10(15)6-7-14(13)16/h2-9,17H,16H2,1H3/t9-/m0/s1. The van der Waals surface area contributed by atoms with Crippen molar-refractivity contribution in [3.8, 4) is 11.1 Å². The fraction of sp³-hybridized carbons (Fsp3) is 0.143. The van der Waals surface area contributed by atoms with Gasteiger partial charge in [-0.2, -0.15) is 0 Å². The molecule has 0 fully saturated rings. The van der Waals surface area contributed by atoms with E-state index in [-0.39, 0.29) is 0 Å². The molecule has 17 heavy (non-hydrogen) atoms. The van der Waals surface area contributed by atoms with Crippen molar-refractivity contribution in [1.82, 2.24) is 0 Å². The molecule has 88 valence electrons. The van der Waals surface area contributed by atoms with Crippen molar-refractivity contribution in [2.75, 3.05) is 5.73 Å². The maximum absolute atomic E-state index is 9.75. The fourth-order valence-corrected chi connectivity index (χ4v) is 2.04. The van der Waals surface area contributed by atoms with E-state index in [9.17, 15) is 5.11 Å². The van der Waals surface area contributed by atoms with Crippen LogP contribution in [0.3, 0.4) is 0 Å². The third-order valence-corrected chi connectivity index (χ3v) is 2.95. The Bertz CT molecular complexity index is 537. The second kappa shape index (κ2) is 4.78. The Labute approximate surface area is 106 Å². The summed E-state index contributed by atoms with van der Waals surface area (Å²) in [6, 6.07) is 13.0. The number of halogens is 1. The largest absolute Gasteiger partial charge is 0.398 e. The third-order valence-electron chi connectivity index (χ3n) is 2.72. The molecule has 0 unspecified atom stereocenters. The highest BCUT2D eigenvalue weighted by atomic mass is 35.5. The molecule has 2 nitrogen and oxygen atoms in total. The Kier molecular flexibility index (Phi) is 3.36. The number of aliphatic hydroxyl groups is 1. The molecule has 0 amide bonds. The zero-order chi connectivity index (χ0) is 12.4. The SMILES string of the molecule is C[C@H](O)c1ccccc1-c1cc(Cl)ccc1N. The lowest BCUT2D eigenvalue weighted by Gasteiger charge is -2.14. The van der Waals surface area contributed by atoms with Crippen molar-refractivity contribution in [2.24, 2.45) is 0 Å². The van der Waals surface area contributed by atoms with Gasteiger partial charge in [-0.1, -0.05) is 35.9 Å². The average molecular weight is 248 g/mol. The third kappa shape index (κ3) is 2.43. The van der Waals surface area contributed by atoms with Crippen LogP contribution in [0.1, 0.15) is 18.6 Å². The van der Waals surface area contributed by atoms with Gasteiger partial charge in [0.25, 0.3) is 0 Å². The first kappa shape index (κ1) is 12.0. The minimum absolute atomic E-state index is 0.537. The monoisotopic (exact) mass is 247 g/mol. The number of aliphatic hydroxyl groups excluding tert-OH is 1. The van der Waals surface area contributed by atoms with E-state index >= 15 is 0 Å². The van der Waals surface area contributed by atoms with Gasteiger partial charge in [-0.05, 0) is 36.2 Å². The van der Waals surface area contributed by atoms with Gasteiger partial charge in [0.15, 0.2) is 0 Å². The molecule has 0 aliphatic rings. The predicted octanol–water partition coefficient (Wildman–Crippen LogP) is 3.64. The van der Waals surface area contributed by atoms with E-state index in [1.807, 2.05) is 30.3 Å². The van der Waals surface area contributed by atoms with Gasteiger partial charge in [0.2, 0.25) is 0 Å². The summed E-state index contributed by atoms with van der Waals surface area (Å²) >= 11 is 5.98. The van der Waals surface area contributed by atoms with Gasteiger partial charge in [-0.3, -0.25) is 0 Å². The molecule has 0 saturated heterocycles. The number of anilines is 1. The van der Waals surface area contributed by atoms with Gasteiger partial charge in [0.1, 0.15) is 0 Å². The molecule has 0 aliphatic heterocycles. The second-order valence-electron chi connectivity index (χ2n) is 3.99. The number of hydrogen-bond donors (Lipinski definition) is 2. The van der Waals surface area contributed by atoms with Crippen LogP contribution in [0.5, 0.6) is 0 Å². The van der Waals surface area contributed by atoms with Crippen LogP contribution < -0.4 is 5.73 Å². The summed E-state index contributed by atoms with van der Waals surface area (Å²) < 4.78 is 0. The number of hydrogen-bond acceptors (Lipinski definition) is 2. The van der Waals surface area contributed by atoms with Crippen LogP contribution in [0, 0.1) is 0 Å². The lowest BCUT2D eigenvalue weighted by molar-refractivity contribution is 0.200. The lowest BCUT2D eigenvalue weighted by atomic mass is 9.96. The number of nitrogens with two attached hydrogens (primary N) is 1. The van der Waals surface area contributed by atoms with Crippen LogP contribution in [0.2, 0.25) is 5.02 Å². The molecule has 2 aromatic rings. The van der Waals surface area contributed by atoms with Gasteiger partial charge < -0.3 is 10.8 Å². The maximum atomic E-state index is 9.75. The Balaban J connectivity index is 2.64. The van der Waals surface area contributed by atoms with E-state index in [4.69, 9.17) is 17.3 Å². The second-order valence-corrected chi connectivity index (χ2v) is 4.43. The minimum atomic E-state index is -0.537. The van der Waals surface area contributed by atoms with Crippen LogP contribution in [0.25, 0.3) is 11.1 Å². The number of nitrogen functional groups attached to an aromatic ring is 1. The van der Waals surface area contributed by atoms with Crippen molar-refractivity contribution >= 4 is 17.3 Å². The molecule has 2 aromatic carbocycles. The first-order chi connectivity index (χ1) is 8.09. The topological polar surface area (TPSA) is 46.2 Å². The van der Waals surface area contributed by atoms with Crippen molar-refractivity contribution in [3.63, 3.8) is 0 Å². The summed E-state index contributed by atoms with van der Waals surface area (Å²) in [4.78, 5) is 0. The molecule has 0 bridgehead atoms. The fourth-order valence-electron chi connectivity index (χ4n) is 1.87. The molecule has 0 radical (unpaired) electrons. The van der Waals surface area contributed by atoms with E-state index in [1.54, 1.807) is 19.1 Å². The van der Waals surface area contributed by atoms with Crippen molar-refractivity contribution < 1.29 is 5.11 Å². The van der Waals surface area contributed by atoms with Gasteiger partial charge in [0.05, 0.1) is 6.10 Å². The predicted molar refractivity (Wildman–Crippen MR) is 71.9 cm³/mol. The van der Waals surface area contributed by atoms with E-state index in [0.717, 1.165) is 16.7 Å². The molecule has 0 aliphatic carbocycles. The quantitative estimate of drug-likeness (QED) is 0.796. The molecule has 1 atom stereocenters. The summed E-state index contributed by atoms with van der Waals surface area (Å²) in [5, 5.41) is 10.4. The highest BCUT2D eigenvalue weighted by molar-refractivity contribution is 6.31. The summed E-state index contributed by atoms with van der Waals surface area (Å²) in [6.07, 6.45) is -0.537. The van der Waals surface area contributed by atoms with Crippen LogP contribution in [0.15, 0.2) is 42.5 Å². The Morgan fingerprint density at radius 2 is 1.82 bits per heavy atom. The Morgan fingerprint density at radius 3 is 2.53 bits per heavy atom. The highest BCUT2D eigenvalue weighted by Crippen LogP contribution is 2.33. The first-order valence-corrected chi connectivity index (χ1v) is 5.80. The number of rotatable bonds is 2. The maximum Gasteiger partial charge on any atom is 0.0767 e. The zero-order valence-electron chi connectivity index (χ0n) is 9.52. The molecular formula is C14H14ClNO. The normalized spacial score (nSPS) is 12.4. The van der Waals surface area contributed by atoms with E-state index in [2.05, 4.69) is 0 Å². The molecule has 0 aromatic heterocycles. The van der Waals surface area contributed by atoms with Crippen molar-refractivity contribution in [2.45, 2.75) is 13.0 Å². The Morgan fingerprint density at radius 1 is 1.12 bits per heavy atom. The van der Waals surface area contributed by atoms with Crippen LogP contribution >= 0.6 is 11.6 Å². The van der Waals surface area contributed by atoms with Crippen LogP contribution in [-0.4, -0.2) is 5.11 Å². The van der Waals surface area contributed by atoms with Crippen molar-refractivity contribution in [3.05, 3.63) is 53.1 Å². The molecule has 3 N–H and O–H groups in total. The first-order valence-electron chi connectivity index (χ1n) is 5.42. The summed E-state index contributed by atoms with van der Waals surface area (Å²) in [5.74, 6) is 0. The molecular weight excluding hydrogens is 234 g/mol. The smallest absolute Gasteiger partial charge is 0.0767 e. The molecule has 0 saturated carbocycles. The van der Waals surface area contributed by atoms with Crippen LogP contribution in [-0.2, 0) is 0 Å². The summed E-state index contributed by atoms with van der Waals surface area (Å²) in [5.41, 5.74) is 9.23. The lowest BCUT2D eigenvalue weighted by Crippen LogP contribution is -1.97. The van der Waals surface area contributed by atoms with E-state index < -0.39 is 6.10 Å². The van der Waals surface area contributed by atoms with Gasteiger partial charge in [-0.15, -0.1) is 0 Å². The van der Waals surface area contributed by atoms with Gasteiger partial charge in [-0.25, -0.2) is 0 Å². The molecule has 0 heterocycles. The molecule has 0 spiro atoms. The zero-order valence-corrected chi connectivity index (χ0v) is 10.3. The Hall–Kier alpha value is -1.51. The summed E-state index contributed by atoms with van der Waals surface area (Å²) in [7, 11) is 0. The van der Waals surface area contributed by atoms with Crippen LogP contribution in [0.4, 0.5) is 5.69 Å². The van der Waals surface area contributed by atoms with Crippen molar-refractivity contribution in [1.29, 1.82) is 0 Å². The summed E-state index contributed by atoms with van der Waals surface area (Å²) in [6.45, 7) is 1.74. The van der Waals surface area contributed by atoms with Gasteiger partial charge in [0, 0.05) is 16.3 Å². The molecule has 2 rings (SSSR count).